The van der Waals surface area contributed by atoms with Crippen LogP contribution in [0.3, 0.4) is 0 Å². The van der Waals surface area contributed by atoms with Crippen molar-refractivity contribution in [2.24, 2.45) is 0 Å². The molecule has 7 heteroatoms. The molecule has 4 aromatic rings. The Morgan fingerprint density at radius 3 is 2.44 bits per heavy atom. The third-order valence-corrected chi connectivity index (χ3v) is 5.42. The minimum Gasteiger partial charge on any atom is -0.488 e. The normalized spacial score (nSPS) is 11.1. The molecule has 0 spiro atoms. The maximum absolute atomic E-state index is 14.6. The Bertz CT molecular complexity index is 1280. The summed E-state index contributed by atoms with van der Waals surface area (Å²) in [4.78, 5) is 4.72. The zero-order valence-electron chi connectivity index (χ0n) is 19.0. The fraction of sp³-hybridized carbons (Fsp3) is 0.222. The number of aromatic nitrogens is 1. The number of aliphatic hydroxyl groups excluding tert-OH is 1. The van der Waals surface area contributed by atoms with Crippen molar-refractivity contribution >= 4 is 33.9 Å². The summed E-state index contributed by atoms with van der Waals surface area (Å²) in [7, 11) is 0. The molecule has 0 amide bonds. The lowest BCUT2D eigenvalue weighted by atomic mass is 9.99. The first-order chi connectivity index (χ1) is 16.4. The maximum atomic E-state index is 14.6. The molecule has 3 aromatic carbocycles. The molecule has 0 aliphatic heterocycles. The van der Waals surface area contributed by atoms with Crippen molar-refractivity contribution in [3.63, 3.8) is 0 Å². The van der Waals surface area contributed by atoms with E-state index in [0.29, 0.717) is 28.8 Å². The molecule has 0 saturated carbocycles. The van der Waals surface area contributed by atoms with Gasteiger partial charge in [0.15, 0.2) is 11.6 Å². The first-order valence-electron chi connectivity index (χ1n) is 11.1. The summed E-state index contributed by atoms with van der Waals surface area (Å²) in [6, 6.07) is 20.2. The second-order valence-electron chi connectivity index (χ2n) is 8.10. The van der Waals surface area contributed by atoms with Crippen LogP contribution in [0.5, 0.6) is 11.6 Å². The number of hydrogen-bond donors (Lipinski definition) is 2. The van der Waals surface area contributed by atoms with Crippen LogP contribution in [0.25, 0.3) is 10.8 Å². The predicted molar refractivity (Wildman–Crippen MR) is 134 cm³/mol. The summed E-state index contributed by atoms with van der Waals surface area (Å²) in [5.74, 6) is 0.668. The van der Waals surface area contributed by atoms with Crippen molar-refractivity contribution in [3.8, 4) is 11.6 Å². The lowest BCUT2D eigenvalue weighted by Gasteiger charge is -2.18. The van der Waals surface area contributed by atoms with Crippen LogP contribution in [0.1, 0.15) is 25.0 Å². The van der Waals surface area contributed by atoms with Crippen LogP contribution < -0.4 is 14.8 Å². The number of fused-ring (bicyclic) bond motifs is 1. The standard InChI is InChI=1S/C27H26ClFN2O3/c1-17(2)34-25-12-11-20(16-24(25)29)30-26-23(15-18-7-9-19(28)10-8-18)21-5-3-4-6-22(21)27(31-26)33-14-13-32/h3-12,16-17,32H,13-15H2,1-2H3,(H,30,31). The van der Waals surface area contributed by atoms with Crippen LogP contribution >= 0.6 is 11.6 Å². The summed E-state index contributed by atoms with van der Waals surface area (Å²) in [6.07, 6.45) is 0.442. The quantitative estimate of drug-likeness (QED) is 0.285. The second kappa shape index (κ2) is 10.7. The number of pyridine rings is 1. The van der Waals surface area contributed by atoms with E-state index in [2.05, 4.69) is 5.32 Å². The molecule has 1 aromatic heterocycles. The van der Waals surface area contributed by atoms with Crippen LogP contribution in [0, 0.1) is 5.82 Å². The first kappa shape index (κ1) is 23.8. The van der Waals surface area contributed by atoms with E-state index in [4.69, 9.17) is 26.1 Å². The topological polar surface area (TPSA) is 63.6 Å². The molecule has 176 valence electrons. The van der Waals surface area contributed by atoms with E-state index in [1.807, 2.05) is 62.4 Å². The van der Waals surface area contributed by atoms with Gasteiger partial charge in [-0.3, -0.25) is 0 Å². The summed E-state index contributed by atoms with van der Waals surface area (Å²) in [5.41, 5.74) is 2.51. The average molecular weight is 481 g/mol. The number of nitrogens with one attached hydrogen (secondary N) is 1. The van der Waals surface area contributed by atoms with Crippen LogP contribution in [-0.2, 0) is 6.42 Å². The molecule has 0 fully saturated rings. The smallest absolute Gasteiger partial charge is 0.223 e. The van der Waals surface area contributed by atoms with Crippen LogP contribution in [0.2, 0.25) is 5.02 Å². The van der Waals surface area contributed by atoms with Crippen molar-refractivity contribution in [1.82, 2.24) is 4.98 Å². The number of nitrogens with zero attached hydrogens (tertiary/aromatic N) is 1. The van der Waals surface area contributed by atoms with Gasteiger partial charge in [-0.25, -0.2) is 4.39 Å². The summed E-state index contributed by atoms with van der Waals surface area (Å²) in [6.45, 7) is 3.68. The van der Waals surface area contributed by atoms with Gasteiger partial charge in [0.25, 0.3) is 0 Å². The molecule has 0 aliphatic rings. The average Bonchev–Trinajstić information content (AvgIpc) is 2.82. The van der Waals surface area contributed by atoms with Gasteiger partial charge in [0.05, 0.1) is 12.7 Å². The zero-order chi connectivity index (χ0) is 24.1. The molecule has 4 rings (SSSR count). The third-order valence-electron chi connectivity index (χ3n) is 5.16. The Morgan fingerprint density at radius 1 is 1.03 bits per heavy atom. The van der Waals surface area contributed by atoms with E-state index in [0.717, 1.165) is 21.9 Å². The Kier molecular flexibility index (Phi) is 7.50. The monoisotopic (exact) mass is 480 g/mol. The second-order valence-corrected chi connectivity index (χ2v) is 8.54. The summed E-state index contributed by atoms with van der Waals surface area (Å²) in [5, 5.41) is 15.0. The minimum atomic E-state index is -0.463. The fourth-order valence-electron chi connectivity index (χ4n) is 3.70. The molecule has 1 heterocycles. The molecule has 5 nitrogen and oxygen atoms in total. The Hall–Kier alpha value is -3.35. The van der Waals surface area contributed by atoms with Gasteiger partial charge >= 0.3 is 0 Å². The maximum Gasteiger partial charge on any atom is 0.223 e. The largest absolute Gasteiger partial charge is 0.488 e. The first-order valence-corrected chi connectivity index (χ1v) is 11.5. The van der Waals surface area contributed by atoms with Gasteiger partial charge in [-0.1, -0.05) is 41.9 Å². The zero-order valence-corrected chi connectivity index (χ0v) is 19.8. The molecule has 2 N–H and O–H groups in total. The fourth-order valence-corrected chi connectivity index (χ4v) is 3.82. The van der Waals surface area contributed by atoms with Gasteiger partial charge in [0.1, 0.15) is 12.4 Å². The van der Waals surface area contributed by atoms with E-state index in [1.54, 1.807) is 12.1 Å². The number of hydrogen-bond acceptors (Lipinski definition) is 5. The third kappa shape index (κ3) is 5.58. The van der Waals surface area contributed by atoms with Crippen LogP contribution in [-0.4, -0.2) is 29.4 Å². The van der Waals surface area contributed by atoms with Crippen LogP contribution in [0.4, 0.5) is 15.9 Å². The van der Waals surface area contributed by atoms with Crippen molar-refractivity contribution in [2.45, 2.75) is 26.4 Å². The van der Waals surface area contributed by atoms with Gasteiger partial charge in [-0.05, 0) is 55.1 Å². The number of anilines is 2. The summed E-state index contributed by atoms with van der Waals surface area (Å²) < 4.78 is 25.9. The SMILES string of the molecule is CC(C)Oc1ccc(Nc2nc(OCCO)c3ccccc3c2Cc2ccc(Cl)cc2)cc1F. The molecule has 0 bridgehead atoms. The molecule has 0 unspecified atom stereocenters. The van der Waals surface area contributed by atoms with Gasteiger partial charge < -0.3 is 19.9 Å². The van der Waals surface area contributed by atoms with Crippen LogP contribution in [0.15, 0.2) is 66.7 Å². The number of aliphatic hydroxyl groups is 1. The Morgan fingerprint density at radius 2 is 1.76 bits per heavy atom. The lowest BCUT2D eigenvalue weighted by molar-refractivity contribution is 0.198. The highest BCUT2D eigenvalue weighted by atomic mass is 35.5. The van der Waals surface area contributed by atoms with Crippen molar-refractivity contribution in [2.75, 3.05) is 18.5 Å². The number of rotatable bonds is 9. The van der Waals surface area contributed by atoms with E-state index < -0.39 is 5.82 Å². The van der Waals surface area contributed by atoms with Gasteiger partial charge in [0, 0.05) is 34.1 Å². The van der Waals surface area contributed by atoms with E-state index >= 15 is 0 Å². The van der Waals surface area contributed by atoms with E-state index in [-0.39, 0.29) is 25.1 Å². The van der Waals surface area contributed by atoms with Crippen molar-refractivity contribution < 1.29 is 19.0 Å². The molecule has 0 atom stereocenters. The number of benzene rings is 3. The number of ether oxygens (including phenoxy) is 2. The molecule has 0 aliphatic carbocycles. The molecule has 0 radical (unpaired) electrons. The molecular formula is C27H26ClFN2O3. The van der Waals surface area contributed by atoms with Crippen molar-refractivity contribution in [3.05, 3.63) is 88.7 Å². The van der Waals surface area contributed by atoms with E-state index in [9.17, 15) is 9.50 Å². The highest BCUT2D eigenvalue weighted by Gasteiger charge is 2.17. The molecule has 34 heavy (non-hydrogen) atoms. The highest BCUT2D eigenvalue weighted by Crippen LogP contribution is 2.35. The van der Waals surface area contributed by atoms with Gasteiger partial charge in [-0.15, -0.1) is 0 Å². The Balaban J connectivity index is 1.79. The number of halogens is 2. The van der Waals surface area contributed by atoms with Gasteiger partial charge in [-0.2, -0.15) is 4.98 Å². The van der Waals surface area contributed by atoms with Crippen molar-refractivity contribution in [1.29, 1.82) is 0 Å². The highest BCUT2D eigenvalue weighted by molar-refractivity contribution is 6.30. The minimum absolute atomic E-state index is 0.114. The summed E-state index contributed by atoms with van der Waals surface area (Å²) >= 11 is 6.07. The lowest BCUT2D eigenvalue weighted by Crippen LogP contribution is -2.08. The van der Waals surface area contributed by atoms with Gasteiger partial charge in [0.2, 0.25) is 5.88 Å². The molecular weight excluding hydrogens is 455 g/mol. The van der Waals surface area contributed by atoms with E-state index in [1.165, 1.54) is 6.07 Å². The molecule has 0 saturated heterocycles. The Labute approximate surface area is 203 Å². The predicted octanol–water partition coefficient (Wildman–Crippen LogP) is 6.52.